The van der Waals surface area contributed by atoms with E-state index in [-0.39, 0.29) is 24.0 Å². The van der Waals surface area contributed by atoms with Gasteiger partial charge < -0.3 is 10.4 Å². The Labute approximate surface area is 106 Å². The Morgan fingerprint density at radius 3 is 2.39 bits per heavy atom. The fraction of sp³-hybridized carbons (Fsp3) is 0.364. The molecule has 0 spiro atoms. The van der Waals surface area contributed by atoms with Gasteiger partial charge in [-0.25, -0.2) is 13.1 Å². The minimum Gasteiger partial charge on any atom is -0.395 e. The molecule has 0 radical (unpaired) electrons. The average Bonchev–Trinajstić information content (AvgIpc) is 2.36. The highest BCUT2D eigenvalue weighted by Crippen LogP contribution is 2.10. The number of hydrogen-bond acceptors (Lipinski definition) is 4. The SMILES string of the molecule is CCNS(=O)(=O)c1ccc(C(=O)NCCO)cc1. The van der Waals surface area contributed by atoms with E-state index in [1.807, 2.05) is 0 Å². The van der Waals surface area contributed by atoms with Crippen LogP contribution < -0.4 is 10.0 Å². The van der Waals surface area contributed by atoms with Gasteiger partial charge in [0.05, 0.1) is 11.5 Å². The molecule has 6 nitrogen and oxygen atoms in total. The highest BCUT2D eigenvalue weighted by Gasteiger charge is 2.13. The summed E-state index contributed by atoms with van der Waals surface area (Å²) in [6.07, 6.45) is 0. The number of benzene rings is 1. The van der Waals surface area contributed by atoms with E-state index in [2.05, 4.69) is 10.0 Å². The van der Waals surface area contributed by atoms with Crippen LogP contribution in [0.3, 0.4) is 0 Å². The number of rotatable bonds is 6. The van der Waals surface area contributed by atoms with Crippen LogP contribution in [-0.4, -0.2) is 39.1 Å². The standard InChI is InChI=1S/C11H16N2O4S/c1-2-13-18(16,17)10-5-3-9(4-6-10)11(15)12-7-8-14/h3-6,13-14H,2,7-8H2,1H3,(H,12,15). The second-order valence-electron chi connectivity index (χ2n) is 3.51. The first kappa shape index (κ1) is 14.6. The van der Waals surface area contributed by atoms with Crippen molar-refractivity contribution >= 4 is 15.9 Å². The van der Waals surface area contributed by atoms with E-state index in [4.69, 9.17) is 5.11 Å². The molecule has 0 aromatic heterocycles. The molecule has 1 aromatic carbocycles. The molecule has 0 saturated heterocycles. The van der Waals surface area contributed by atoms with Gasteiger partial charge in [-0.1, -0.05) is 6.92 Å². The molecule has 1 rings (SSSR count). The highest BCUT2D eigenvalue weighted by atomic mass is 32.2. The largest absolute Gasteiger partial charge is 0.395 e. The molecule has 100 valence electrons. The van der Waals surface area contributed by atoms with Crippen molar-refractivity contribution in [2.75, 3.05) is 19.7 Å². The number of aliphatic hydroxyl groups excluding tert-OH is 1. The number of hydrogen-bond donors (Lipinski definition) is 3. The lowest BCUT2D eigenvalue weighted by Gasteiger charge is -2.06. The molecule has 0 aliphatic heterocycles. The van der Waals surface area contributed by atoms with E-state index in [1.54, 1.807) is 6.92 Å². The summed E-state index contributed by atoms with van der Waals surface area (Å²) in [4.78, 5) is 11.6. The molecule has 0 saturated carbocycles. The minimum atomic E-state index is -3.49. The lowest BCUT2D eigenvalue weighted by molar-refractivity contribution is 0.0944. The zero-order valence-corrected chi connectivity index (χ0v) is 10.8. The maximum atomic E-state index is 11.6. The number of sulfonamides is 1. The Bertz CT molecular complexity index is 496. The van der Waals surface area contributed by atoms with E-state index in [0.717, 1.165) is 0 Å². The van der Waals surface area contributed by atoms with Gasteiger partial charge in [-0.05, 0) is 24.3 Å². The second kappa shape index (κ2) is 6.48. The summed E-state index contributed by atoms with van der Waals surface area (Å²) in [7, 11) is -3.49. The molecule has 1 aromatic rings. The predicted octanol–water partition coefficient (Wildman–Crippen LogP) is -0.293. The number of nitrogens with one attached hydrogen (secondary N) is 2. The lowest BCUT2D eigenvalue weighted by Crippen LogP contribution is -2.26. The monoisotopic (exact) mass is 272 g/mol. The predicted molar refractivity (Wildman–Crippen MR) is 66.7 cm³/mol. The smallest absolute Gasteiger partial charge is 0.251 e. The third-order valence-electron chi connectivity index (χ3n) is 2.16. The summed E-state index contributed by atoms with van der Waals surface area (Å²) in [5, 5.41) is 11.0. The van der Waals surface area contributed by atoms with Gasteiger partial charge in [0.25, 0.3) is 5.91 Å². The van der Waals surface area contributed by atoms with Crippen molar-refractivity contribution in [2.45, 2.75) is 11.8 Å². The topological polar surface area (TPSA) is 95.5 Å². The molecule has 0 atom stereocenters. The molecule has 1 amide bonds. The Kier molecular flexibility index (Phi) is 5.26. The van der Waals surface area contributed by atoms with Crippen LogP contribution in [0.2, 0.25) is 0 Å². The van der Waals surface area contributed by atoms with E-state index < -0.39 is 10.0 Å². The van der Waals surface area contributed by atoms with Crippen molar-refractivity contribution in [3.63, 3.8) is 0 Å². The summed E-state index contributed by atoms with van der Waals surface area (Å²) >= 11 is 0. The van der Waals surface area contributed by atoms with Gasteiger partial charge in [0.1, 0.15) is 0 Å². The summed E-state index contributed by atoms with van der Waals surface area (Å²) in [6.45, 7) is 2.02. The van der Waals surface area contributed by atoms with Crippen LogP contribution in [-0.2, 0) is 10.0 Å². The normalized spacial score (nSPS) is 11.2. The molecule has 0 heterocycles. The fourth-order valence-corrected chi connectivity index (χ4v) is 2.37. The molecule has 0 unspecified atom stereocenters. The molecule has 3 N–H and O–H groups in total. The van der Waals surface area contributed by atoms with Gasteiger partial charge in [-0.2, -0.15) is 0 Å². The van der Waals surface area contributed by atoms with Gasteiger partial charge in [-0.15, -0.1) is 0 Å². The Morgan fingerprint density at radius 1 is 1.28 bits per heavy atom. The molecular formula is C11H16N2O4S. The van der Waals surface area contributed by atoms with Crippen LogP contribution in [0.15, 0.2) is 29.2 Å². The third-order valence-corrected chi connectivity index (χ3v) is 3.72. The second-order valence-corrected chi connectivity index (χ2v) is 5.27. The van der Waals surface area contributed by atoms with Crippen LogP contribution in [0, 0.1) is 0 Å². The summed E-state index contributed by atoms with van der Waals surface area (Å²) in [5.41, 5.74) is 0.346. The highest BCUT2D eigenvalue weighted by molar-refractivity contribution is 7.89. The van der Waals surface area contributed by atoms with Crippen molar-refractivity contribution in [1.82, 2.24) is 10.0 Å². The number of carbonyl (C=O) groups excluding carboxylic acids is 1. The molecule has 0 aliphatic rings. The average molecular weight is 272 g/mol. The maximum absolute atomic E-state index is 11.6. The third kappa shape index (κ3) is 3.80. The lowest BCUT2D eigenvalue weighted by atomic mass is 10.2. The molecule has 7 heteroatoms. The van der Waals surface area contributed by atoms with E-state index in [9.17, 15) is 13.2 Å². The van der Waals surface area contributed by atoms with Crippen molar-refractivity contribution in [3.05, 3.63) is 29.8 Å². The molecule has 18 heavy (non-hydrogen) atoms. The van der Waals surface area contributed by atoms with E-state index >= 15 is 0 Å². The quantitative estimate of drug-likeness (QED) is 0.663. The van der Waals surface area contributed by atoms with Crippen LogP contribution in [0.1, 0.15) is 17.3 Å². The summed E-state index contributed by atoms with van der Waals surface area (Å²) in [5.74, 6) is -0.351. The zero-order chi connectivity index (χ0) is 13.6. The maximum Gasteiger partial charge on any atom is 0.251 e. The molecular weight excluding hydrogens is 256 g/mol. The first-order valence-electron chi connectivity index (χ1n) is 5.50. The van der Waals surface area contributed by atoms with E-state index in [1.165, 1.54) is 24.3 Å². The van der Waals surface area contributed by atoms with Gasteiger partial charge in [-0.3, -0.25) is 4.79 Å². The minimum absolute atomic E-state index is 0.114. The van der Waals surface area contributed by atoms with Crippen LogP contribution in [0.5, 0.6) is 0 Å². The van der Waals surface area contributed by atoms with Gasteiger partial charge >= 0.3 is 0 Å². The first-order chi connectivity index (χ1) is 8.51. The Morgan fingerprint density at radius 2 is 1.89 bits per heavy atom. The van der Waals surface area contributed by atoms with Crippen molar-refractivity contribution in [1.29, 1.82) is 0 Å². The van der Waals surface area contributed by atoms with Crippen molar-refractivity contribution < 1.29 is 18.3 Å². The van der Waals surface area contributed by atoms with Crippen molar-refractivity contribution in [3.8, 4) is 0 Å². The Balaban J connectivity index is 2.83. The number of aliphatic hydroxyl groups is 1. The van der Waals surface area contributed by atoms with Crippen LogP contribution >= 0.6 is 0 Å². The summed E-state index contributed by atoms with van der Waals surface area (Å²) < 4.78 is 25.6. The van der Waals surface area contributed by atoms with Gasteiger partial charge in [0.2, 0.25) is 10.0 Å². The molecule has 0 bridgehead atoms. The first-order valence-corrected chi connectivity index (χ1v) is 6.98. The summed E-state index contributed by atoms with van der Waals surface area (Å²) in [6, 6.07) is 5.59. The molecule has 0 aliphatic carbocycles. The number of carbonyl (C=O) groups is 1. The Hall–Kier alpha value is -1.44. The van der Waals surface area contributed by atoms with Gasteiger partial charge in [0.15, 0.2) is 0 Å². The fourth-order valence-electron chi connectivity index (χ4n) is 1.33. The van der Waals surface area contributed by atoms with E-state index in [0.29, 0.717) is 12.1 Å². The van der Waals surface area contributed by atoms with Crippen LogP contribution in [0.25, 0.3) is 0 Å². The van der Waals surface area contributed by atoms with Crippen molar-refractivity contribution in [2.24, 2.45) is 0 Å². The number of amides is 1. The zero-order valence-electron chi connectivity index (χ0n) is 10.0. The molecule has 0 fully saturated rings. The van der Waals surface area contributed by atoms with Gasteiger partial charge in [0, 0.05) is 18.7 Å². The van der Waals surface area contributed by atoms with Crippen LogP contribution in [0.4, 0.5) is 0 Å².